The Morgan fingerprint density at radius 3 is 2.54 bits per heavy atom. The number of aromatic carboxylic acids is 1. The SMILES string of the molecule is Cc1cc(C)c(C(=O)O)c(CCC[C@@H]2OC(C)(C)OC2C/C=C\C[C@H](C)O)c1. The van der Waals surface area contributed by atoms with Gasteiger partial charge in [0.25, 0.3) is 0 Å². The number of aliphatic hydroxyl groups excluding tert-OH is 1. The molecule has 156 valence electrons. The highest BCUT2D eigenvalue weighted by atomic mass is 16.7. The average Bonchev–Trinajstić information content (AvgIpc) is 2.84. The lowest BCUT2D eigenvalue weighted by Gasteiger charge is -2.17. The van der Waals surface area contributed by atoms with Gasteiger partial charge in [-0.1, -0.05) is 29.8 Å². The van der Waals surface area contributed by atoms with Gasteiger partial charge in [-0.05, 0) is 77.8 Å². The van der Waals surface area contributed by atoms with Crippen LogP contribution in [0.25, 0.3) is 0 Å². The van der Waals surface area contributed by atoms with Crippen LogP contribution in [-0.2, 0) is 15.9 Å². The third-order valence-electron chi connectivity index (χ3n) is 5.01. The normalized spacial score (nSPS) is 22.6. The van der Waals surface area contributed by atoms with Crippen molar-refractivity contribution in [3.05, 3.63) is 46.5 Å². The summed E-state index contributed by atoms with van der Waals surface area (Å²) in [6.45, 7) is 9.46. The van der Waals surface area contributed by atoms with Crippen LogP contribution in [0.2, 0.25) is 0 Å². The van der Waals surface area contributed by atoms with Crippen LogP contribution in [0.3, 0.4) is 0 Å². The van der Waals surface area contributed by atoms with Gasteiger partial charge in [0, 0.05) is 0 Å². The summed E-state index contributed by atoms with van der Waals surface area (Å²) in [5.74, 6) is -1.48. The molecule has 3 atom stereocenters. The van der Waals surface area contributed by atoms with Crippen molar-refractivity contribution in [3.63, 3.8) is 0 Å². The standard InChI is InChI=1S/C23H34O5/c1-15-13-16(2)21(22(25)26)18(14-15)10-8-12-20-19(27-23(4,5)28-20)11-7-6-9-17(3)24/h6-7,13-14,17,19-20,24H,8-12H2,1-5H3,(H,25,26)/b7-6-/t17-,19?,20-/m0/s1. The highest BCUT2D eigenvalue weighted by Gasteiger charge is 2.40. The minimum atomic E-state index is -0.866. The molecule has 1 heterocycles. The third-order valence-corrected chi connectivity index (χ3v) is 5.01. The number of carbonyl (C=O) groups is 1. The molecule has 1 aromatic rings. The molecule has 0 aliphatic carbocycles. The van der Waals surface area contributed by atoms with E-state index in [2.05, 4.69) is 0 Å². The number of aryl methyl sites for hydroxylation is 3. The maximum Gasteiger partial charge on any atom is 0.336 e. The predicted molar refractivity (Wildman–Crippen MR) is 110 cm³/mol. The molecule has 1 aliphatic rings. The summed E-state index contributed by atoms with van der Waals surface area (Å²) < 4.78 is 12.1. The largest absolute Gasteiger partial charge is 0.478 e. The number of hydrogen-bond donors (Lipinski definition) is 2. The van der Waals surface area contributed by atoms with Crippen LogP contribution in [0.5, 0.6) is 0 Å². The minimum absolute atomic E-state index is 0.0228. The molecule has 1 unspecified atom stereocenters. The van der Waals surface area contributed by atoms with Gasteiger partial charge in [-0.15, -0.1) is 0 Å². The zero-order valence-electron chi connectivity index (χ0n) is 17.7. The maximum absolute atomic E-state index is 11.6. The Hall–Kier alpha value is -1.69. The van der Waals surface area contributed by atoms with Crippen molar-refractivity contribution in [1.29, 1.82) is 0 Å². The van der Waals surface area contributed by atoms with Crippen LogP contribution in [0.1, 0.15) is 73.5 Å². The van der Waals surface area contributed by atoms with Crippen molar-refractivity contribution in [2.45, 2.75) is 90.8 Å². The first kappa shape index (κ1) is 22.6. The molecule has 0 amide bonds. The molecule has 1 saturated heterocycles. The number of hydrogen-bond acceptors (Lipinski definition) is 4. The Morgan fingerprint density at radius 1 is 1.21 bits per heavy atom. The Kier molecular flexibility index (Phi) is 7.81. The molecule has 0 aromatic heterocycles. The van der Waals surface area contributed by atoms with Gasteiger partial charge < -0.3 is 19.7 Å². The van der Waals surface area contributed by atoms with Crippen molar-refractivity contribution >= 4 is 5.97 Å². The Balaban J connectivity index is 1.98. The molecule has 28 heavy (non-hydrogen) atoms. The molecule has 0 bridgehead atoms. The molecule has 1 aliphatic heterocycles. The first-order chi connectivity index (χ1) is 13.1. The van der Waals surface area contributed by atoms with E-state index in [9.17, 15) is 15.0 Å². The molecule has 0 radical (unpaired) electrons. The molecule has 1 fully saturated rings. The number of aliphatic hydroxyl groups is 1. The van der Waals surface area contributed by atoms with Gasteiger partial charge in [0.15, 0.2) is 5.79 Å². The summed E-state index contributed by atoms with van der Waals surface area (Å²) in [7, 11) is 0. The Labute approximate surface area is 168 Å². The third kappa shape index (κ3) is 6.43. The van der Waals surface area contributed by atoms with Crippen molar-refractivity contribution in [2.75, 3.05) is 0 Å². The van der Waals surface area contributed by atoms with Crippen LogP contribution >= 0.6 is 0 Å². The lowest BCUT2D eigenvalue weighted by atomic mass is 9.94. The van der Waals surface area contributed by atoms with E-state index in [1.165, 1.54) is 0 Å². The number of ether oxygens (including phenoxy) is 2. The molecule has 0 spiro atoms. The molecular formula is C23H34O5. The zero-order chi connectivity index (χ0) is 20.9. The van der Waals surface area contributed by atoms with Crippen LogP contribution in [0, 0.1) is 13.8 Å². The van der Waals surface area contributed by atoms with Gasteiger partial charge in [0.05, 0.1) is 23.9 Å². The first-order valence-corrected chi connectivity index (χ1v) is 10.1. The molecular weight excluding hydrogens is 356 g/mol. The highest BCUT2D eigenvalue weighted by molar-refractivity contribution is 5.91. The number of carboxylic acid groups (broad SMARTS) is 1. The van der Waals surface area contributed by atoms with Gasteiger partial charge in [-0.3, -0.25) is 0 Å². The van der Waals surface area contributed by atoms with Crippen molar-refractivity contribution in [1.82, 2.24) is 0 Å². The Bertz CT molecular complexity index is 705. The topological polar surface area (TPSA) is 76.0 Å². The second kappa shape index (κ2) is 9.68. The smallest absolute Gasteiger partial charge is 0.336 e. The summed E-state index contributed by atoms with van der Waals surface area (Å²) in [6, 6.07) is 3.89. The second-order valence-corrected chi connectivity index (χ2v) is 8.32. The van der Waals surface area contributed by atoms with E-state index in [0.29, 0.717) is 18.4 Å². The molecule has 0 saturated carbocycles. The summed E-state index contributed by atoms with van der Waals surface area (Å²) in [5, 5.41) is 18.9. The van der Waals surface area contributed by atoms with E-state index in [1.54, 1.807) is 6.92 Å². The fourth-order valence-corrected chi connectivity index (χ4v) is 3.93. The molecule has 2 rings (SSSR count). The molecule has 1 aromatic carbocycles. The van der Waals surface area contributed by atoms with E-state index in [-0.39, 0.29) is 18.3 Å². The summed E-state index contributed by atoms with van der Waals surface area (Å²) in [5.41, 5.74) is 3.20. The van der Waals surface area contributed by atoms with Gasteiger partial charge in [0.2, 0.25) is 0 Å². The van der Waals surface area contributed by atoms with Gasteiger partial charge in [0.1, 0.15) is 0 Å². The van der Waals surface area contributed by atoms with Crippen LogP contribution in [-0.4, -0.2) is 40.3 Å². The van der Waals surface area contributed by atoms with Crippen molar-refractivity contribution in [2.24, 2.45) is 0 Å². The first-order valence-electron chi connectivity index (χ1n) is 10.1. The van der Waals surface area contributed by atoms with E-state index in [4.69, 9.17) is 9.47 Å². The lowest BCUT2D eigenvalue weighted by molar-refractivity contribution is -0.146. The Morgan fingerprint density at radius 2 is 1.89 bits per heavy atom. The summed E-state index contributed by atoms with van der Waals surface area (Å²) in [6.07, 6.45) is 7.35. The van der Waals surface area contributed by atoms with Gasteiger partial charge >= 0.3 is 5.97 Å². The van der Waals surface area contributed by atoms with E-state index < -0.39 is 11.8 Å². The van der Waals surface area contributed by atoms with Crippen molar-refractivity contribution in [3.8, 4) is 0 Å². The van der Waals surface area contributed by atoms with Crippen LogP contribution in [0.4, 0.5) is 0 Å². The predicted octanol–water partition coefficient (Wildman–Crippen LogP) is 4.56. The van der Waals surface area contributed by atoms with E-state index in [0.717, 1.165) is 36.0 Å². The summed E-state index contributed by atoms with van der Waals surface area (Å²) in [4.78, 5) is 11.6. The molecule has 5 heteroatoms. The zero-order valence-corrected chi connectivity index (χ0v) is 17.7. The quantitative estimate of drug-likeness (QED) is 0.605. The van der Waals surface area contributed by atoms with Gasteiger partial charge in [-0.25, -0.2) is 4.79 Å². The lowest BCUT2D eigenvalue weighted by Crippen LogP contribution is -2.22. The number of benzene rings is 1. The number of carboxylic acids is 1. The fraction of sp³-hybridized carbons (Fsp3) is 0.609. The van der Waals surface area contributed by atoms with E-state index in [1.807, 2.05) is 52.0 Å². The van der Waals surface area contributed by atoms with E-state index >= 15 is 0 Å². The average molecular weight is 391 g/mol. The minimum Gasteiger partial charge on any atom is -0.478 e. The summed E-state index contributed by atoms with van der Waals surface area (Å²) >= 11 is 0. The molecule has 2 N–H and O–H groups in total. The second-order valence-electron chi connectivity index (χ2n) is 8.32. The maximum atomic E-state index is 11.6. The van der Waals surface area contributed by atoms with Gasteiger partial charge in [-0.2, -0.15) is 0 Å². The number of rotatable bonds is 9. The van der Waals surface area contributed by atoms with Crippen LogP contribution in [0.15, 0.2) is 24.3 Å². The fourth-order valence-electron chi connectivity index (χ4n) is 3.93. The van der Waals surface area contributed by atoms with Crippen LogP contribution < -0.4 is 0 Å². The molecule has 5 nitrogen and oxygen atoms in total. The van der Waals surface area contributed by atoms with Crippen molar-refractivity contribution < 1.29 is 24.5 Å². The highest BCUT2D eigenvalue weighted by Crippen LogP contribution is 2.33. The monoisotopic (exact) mass is 390 g/mol.